The van der Waals surface area contributed by atoms with E-state index in [4.69, 9.17) is 0 Å². The van der Waals surface area contributed by atoms with Crippen LogP contribution in [0.4, 0.5) is 0 Å². The lowest BCUT2D eigenvalue weighted by atomic mass is 9.67. The molecule has 148 valence electrons. The second kappa shape index (κ2) is 8.99. The Morgan fingerprint density at radius 2 is 1.18 bits per heavy atom. The number of amides is 2. The average molecular weight is 382 g/mol. The van der Waals surface area contributed by atoms with Crippen molar-refractivity contribution in [2.45, 2.75) is 31.3 Å². The summed E-state index contributed by atoms with van der Waals surface area (Å²) < 4.78 is 0. The molecule has 1 fully saturated rings. The molecule has 0 aromatic heterocycles. The Balaban J connectivity index is 1.72. The number of carbonyl (C=O) groups excluding carboxylic acids is 2. The summed E-state index contributed by atoms with van der Waals surface area (Å²) in [5.41, 5.74) is 0.404. The highest BCUT2D eigenvalue weighted by atomic mass is 16.3. The molecule has 0 spiro atoms. The number of hydrogen-bond donors (Lipinski definition) is 4. The smallest absolute Gasteiger partial charge is 0.236 e. The zero-order chi connectivity index (χ0) is 20.0. The fourth-order valence-corrected chi connectivity index (χ4v) is 3.52. The molecular weight excluding hydrogens is 356 g/mol. The maximum absolute atomic E-state index is 13.0. The van der Waals surface area contributed by atoms with Gasteiger partial charge in [-0.25, -0.2) is 0 Å². The molecule has 0 bridgehead atoms. The van der Waals surface area contributed by atoms with Crippen molar-refractivity contribution < 1.29 is 19.8 Å². The number of carbonyl (C=O) groups is 2. The molecule has 2 aromatic carbocycles. The number of aliphatic hydroxyl groups is 2. The van der Waals surface area contributed by atoms with E-state index in [-0.39, 0.29) is 25.0 Å². The van der Waals surface area contributed by atoms with Crippen LogP contribution in [-0.2, 0) is 9.59 Å². The molecule has 2 atom stereocenters. The predicted molar refractivity (Wildman–Crippen MR) is 105 cm³/mol. The largest absolute Gasteiger partial charge is 0.394 e. The fraction of sp³-hybridized carbons (Fsp3) is 0.364. The van der Waals surface area contributed by atoms with Gasteiger partial charge in [0.2, 0.25) is 11.8 Å². The van der Waals surface area contributed by atoms with Crippen LogP contribution >= 0.6 is 0 Å². The first-order valence-corrected chi connectivity index (χ1v) is 9.54. The van der Waals surface area contributed by atoms with E-state index < -0.39 is 17.5 Å². The van der Waals surface area contributed by atoms with Gasteiger partial charge in [-0.15, -0.1) is 0 Å². The minimum absolute atomic E-state index is 0.253. The van der Waals surface area contributed by atoms with Gasteiger partial charge in [-0.1, -0.05) is 67.1 Å². The molecule has 2 aromatic rings. The molecule has 0 unspecified atom stereocenters. The van der Waals surface area contributed by atoms with Crippen molar-refractivity contribution in [2.24, 2.45) is 5.41 Å². The lowest BCUT2D eigenvalue weighted by Gasteiger charge is -2.40. The van der Waals surface area contributed by atoms with E-state index in [1.165, 1.54) is 0 Å². The number of nitrogens with one attached hydrogen (secondary N) is 2. The minimum Gasteiger partial charge on any atom is -0.394 e. The molecule has 6 heteroatoms. The second-order valence-electron chi connectivity index (χ2n) is 7.17. The van der Waals surface area contributed by atoms with Gasteiger partial charge in [0.25, 0.3) is 0 Å². The summed E-state index contributed by atoms with van der Waals surface area (Å²) in [6.07, 6.45) is 1.68. The predicted octanol–water partition coefficient (Wildman–Crippen LogP) is 1.86. The summed E-state index contributed by atoms with van der Waals surface area (Å²) in [6, 6.07) is 17.2. The van der Waals surface area contributed by atoms with E-state index in [1.807, 2.05) is 60.7 Å². The second-order valence-corrected chi connectivity index (χ2v) is 7.17. The lowest BCUT2D eigenvalue weighted by Crippen LogP contribution is -2.56. The third-order valence-corrected chi connectivity index (χ3v) is 5.46. The van der Waals surface area contributed by atoms with E-state index in [2.05, 4.69) is 10.6 Å². The van der Waals surface area contributed by atoms with Gasteiger partial charge in [0.15, 0.2) is 0 Å². The van der Waals surface area contributed by atoms with Crippen LogP contribution in [0, 0.1) is 5.41 Å². The topological polar surface area (TPSA) is 98.7 Å². The summed E-state index contributed by atoms with van der Waals surface area (Å²) in [4.78, 5) is 26.0. The molecule has 0 heterocycles. The van der Waals surface area contributed by atoms with Crippen molar-refractivity contribution in [3.63, 3.8) is 0 Å². The zero-order valence-electron chi connectivity index (χ0n) is 15.7. The Hall–Kier alpha value is -2.70. The van der Waals surface area contributed by atoms with Crippen LogP contribution in [0.25, 0.3) is 0 Å². The zero-order valence-corrected chi connectivity index (χ0v) is 15.7. The number of rotatable bonds is 8. The van der Waals surface area contributed by atoms with Crippen molar-refractivity contribution in [3.8, 4) is 0 Å². The van der Waals surface area contributed by atoms with Gasteiger partial charge in [0, 0.05) is 0 Å². The molecule has 2 amide bonds. The van der Waals surface area contributed by atoms with E-state index in [9.17, 15) is 19.8 Å². The molecule has 3 rings (SSSR count). The highest BCUT2D eigenvalue weighted by Gasteiger charge is 2.51. The fourth-order valence-electron chi connectivity index (χ4n) is 3.52. The summed E-state index contributed by atoms with van der Waals surface area (Å²) >= 11 is 0. The molecule has 0 radical (unpaired) electrons. The van der Waals surface area contributed by atoms with Crippen molar-refractivity contribution in [2.75, 3.05) is 13.2 Å². The Bertz CT molecular complexity index is 727. The first kappa shape index (κ1) is 20.0. The minimum atomic E-state index is -1.16. The van der Waals surface area contributed by atoms with Gasteiger partial charge in [0.05, 0.1) is 25.3 Å². The quantitative estimate of drug-likeness (QED) is 0.524. The van der Waals surface area contributed by atoms with Gasteiger partial charge in [-0.3, -0.25) is 9.59 Å². The van der Waals surface area contributed by atoms with Crippen LogP contribution in [0.2, 0.25) is 0 Å². The van der Waals surface area contributed by atoms with Crippen LogP contribution in [0.5, 0.6) is 0 Å². The van der Waals surface area contributed by atoms with Gasteiger partial charge in [-0.05, 0) is 24.0 Å². The summed E-state index contributed by atoms with van der Waals surface area (Å²) in [5.74, 6) is -0.771. The first-order chi connectivity index (χ1) is 13.6. The Kier molecular flexibility index (Phi) is 6.44. The highest BCUT2D eigenvalue weighted by Crippen LogP contribution is 2.42. The summed E-state index contributed by atoms with van der Waals surface area (Å²) in [7, 11) is 0. The van der Waals surface area contributed by atoms with Gasteiger partial charge in [0.1, 0.15) is 5.41 Å². The molecule has 4 N–H and O–H groups in total. The lowest BCUT2D eigenvalue weighted by molar-refractivity contribution is -0.151. The standard InChI is InChI=1S/C22H26N2O4/c25-14-18(16-8-3-1-4-9-16)23-20(27)22(12-7-13-22)21(28)24-19(15-26)17-10-5-2-6-11-17/h1-6,8-11,18-19,25-26H,7,12-15H2,(H,23,27)(H,24,28)/t18-,19-/m0/s1. The molecule has 1 aliphatic rings. The molecule has 0 aliphatic heterocycles. The van der Waals surface area contributed by atoms with E-state index in [0.717, 1.165) is 17.5 Å². The van der Waals surface area contributed by atoms with Gasteiger partial charge in [-0.2, -0.15) is 0 Å². The SMILES string of the molecule is O=C(N[C@@H](CO)c1ccccc1)C1(C(=O)N[C@@H](CO)c2ccccc2)CCC1. The maximum atomic E-state index is 13.0. The summed E-state index contributed by atoms with van der Waals surface area (Å²) in [5, 5.41) is 25.1. The summed E-state index contributed by atoms with van der Waals surface area (Å²) in [6.45, 7) is -0.506. The molecule has 1 saturated carbocycles. The first-order valence-electron chi connectivity index (χ1n) is 9.54. The van der Waals surface area contributed by atoms with E-state index >= 15 is 0 Å². The number of benzene rings is 2. The maximum Gasteiger partial charge on any atom is 0.236 e. The Morgan fingerprint density at radius 3 is 1.46 bits per heavy atom. The van der Waals surface area contributed by atoms with Crippen LogP contribution in [0.3, 0.4) is 0 Å². The third-order valence-electron chi connectivity index (χ3n) is 5.46. The molecule has 1 aliphatic carbocycles. The van der Waals surface area contributed by atoms with Crippen molar-refractivity contribution >= 4 is 11.8 Å². The van der Waals surface area contributed by atoms with Gasteiger partial charge >= 0.3 is 0 Å². The van der Waals surface area contributed by atoms with Crippen molar-refractivity contribution in [1.82, 2.24) is 10.6 Å². The van der Waals surface area contributed by atoms with Crippen molar-refractivity contribution in [1.29, 1.82) is 0 Å². The third kappa shape index (κ3) is 4.08. The number of hydrogen-bond acceptors (Lipinski definition) is 4. The molecule has 28 heavy (non-hydrogen) atoms. The molecule has 0 saturated heterocycles. The van der Waals surface area contributed by atoms with Crippen LogP contribution in [0.15, 0.2) is 60.7 Å². The van der Waals surface area contributed by atoms with Crippen molar-refractivity contribution in [3.05, 3.63) is 71.8 Å². The van der Waals surface area contributed by atoms with Crippen LogP contribution in [-0.4, -0.2) is 35.2 Å². The van der Waals surface area contributed by atoms with Gasteiger partial charge < -0.3 is 20.8 Å². The van der Waals surface area contributed by atoms with E-state index in [1.54, 1.807) is 0 Å². The van der Waals surface area contributed by atoms with Crippen LogP contribution in [0.1, 0.15) is 42.5 Å². The molecule has 6 nitrogen and oxygen atoms in total. The molecular formula is C22H26N2O4. The van der Waals surface area contributed by atoms with Crippen LogP contribution < -0.4 is 10.6 Å². The monoisotopic (exact) mass is 382 g/mol. The number of aliphatic hydroxyl groups excluding tert-OH is 2. The Morgan fingerprint density at radius 1 is 0.786 bits per heavy atom. The Labute approximate surface area is 164 Å². The normalized spacial score (nSPS) is 17.1. The van der Waals surface area contributed by atoms with E-state index in [0.29, 0.717) is 12.8 Å². The average Bonchev–Trinajstić information content (AvgIpc) is 2.70. The highest BCUT2D eigenvalue weighted by molar-refractivity contribution is 6.06.